The van der Waals surface area contributed by atoms with E-state index in [2.05, 4.69) is 20.5 Å². The van der Waals surface area contributed by atoms with Gasteiger partial charge in [-0.1, -0.05) is 0 Å². The van der Waals surface area contributed by atoms with Crippen LogP contribution in [0, 0.1) is 11.3 Å². The summed E-state index contributed by atoms with van der Waals surface area (Å²) in [6.07, 6.45) is 1.29. The summed E-state index contributed by atoms with van der Waals surface area (Å²) in [6, 6.07) is 8.47. The third kappa shape index (κ3) is 3.05. The first-order valence-corrected chi connectivity index (χ1v) is 5.06. The number of hydrogen-bond donors (Lipinski definition) is 2. The van der Waals surface area contributed by atoms with Crippen LogP contribution in [0.4, 0.5) is 5.95 Å². The van der Waals surface area contributed by atoms with E-state index in [-0.39, 0.29) is 18.5 Å². The summed E-state index contributed by atoms with van der Waals surface area (Å²) < 4.78 is 5.23. The quantitative estimate of drug-likeness (QED) is 0.822. The number of amides is 1. The second-order valence-corrected chi connectivity index (χ2v) is 3.31. The van der Waals surface area contributed by atoms with E-state index in [0.29, 0.717) is 11.3 Å². The topological polar surface area (TPSA) is 104 Å². The average molecular weight is 243 g/mol. The van der Waals surface area contributed by atoms with Crippen LogP contribution in [-0.2, 0) is 4.79 Å². The van der Waals surface area contributed by atoms with Crippen LogP contribution in [0.1, 0.15) is 5.56 Å². The number of nitrogens with zero attached hydrogens (tertiary/aromatic N) is 3. The molecule has 90 valence electrons. The molecule has 0 spiro atoms. The molecule has 1 amide bonds. The smallest absolute Gasteiger partial charge is 0.264 e. The number of nitriles is 1. The number of nitrogens with one attached hydrogen (secondary N) is 2. The maximum Gasteiger partial charge on any atom is 0.264 e. The van der Waals surface area contributed by atoms with Crippen LogP contribution in [0.15, 0.2) is 30.6 Å². The molecule has 0 atom stereocenters. The monoisotopic (exact) mass is 243 g/mol. The van der Waals surface area contributed by atoms with Crippen molar-refractivity contribution in [3.8, 4) is 11.8 Å². The number of aromatic amines is 1. The maximum atomic E-state index is 11.4. The van der Waals surface area contributed by atoms with Crippen LogP contribution >= 0.6 is 0 Å². The Balaban J connectivity index is 1.83. The summed E-state index contributed by atoms with van der Waals surface area (Å²) in [5.74, 6) is 0.432. The van der Waals surface area contributed by atoms with Gasteiger partial charge in [0.2, 0.25) is 5.95 Å². The molecule has 0 saturated heterocycles. The minimum atomic E-state index is -0.351. The lowest BCUT2D eigenvalue weighted by Gasteiger charge is -2.05. The molecular formula is C11H9N5O2. The summed E-state index contributed by atoms with van der Waals surface area (Å²) in [5.41, 5.74) is 0.536. The Bertz CT molecular complexity index is 556. The molecule has 0 aliphatic rings. The van der Waals surface area contributed by atoms with Gasteiger partial charge in [0.05, 0.1) is 11.6 Å². The first-order valence-electron chi connectivity index (χ1n) is 5.06. The molecule has 0 aliphatic heterocycles. The third-order valence-corrected chi connectivity index (χ3v) is 2.03. The van der Waals surface area contributed by atoms with Crippen molar-refractivity contribution in [1.29, 1.82) is 5.26 Å². The number of anilines is 1. The van der Waals surface area contributed by atoms with Gasteiger partial charge in [0.15, 0.2) is 6.61 Å². The highest BCUT2D eigenvalue weighted by Gasteiger charge is 2.05. The molecule has 2 N–H and O–H groups in total. The molecule has 7 heteroatoms. The van der Waals surface area contributed by atoms with Crippen LogP contribution in [0.5, 0.6) is 5.75 Å². The van der Waals surface area contributed by atoms with Gasteiger partial charge in [-0.3, -0.25) is 10.1 Å². The molecule has 1 heterocycles. The number of ether oxygens (including phenoxy) is 1. The number of carbonyl (C=O) groups is 1. The SMILES string of the molecule is N#Cc1ccc(OCC(=O)Nc2ncn[nH]2)cc1. The van der Waals surface area contributed by atoms with Gasteiger partial charge >= 0.3 is 0 Å². The molecule has 0 fully saturated rings. The average Bonchev–Trinajstić information content (AvgIpc) is 2.90. The van der Waals surface area contributed by atoms with E-state index in [1.807, 2.05) is 6.07 Å². The lowest BCUT2D eigenvalue weighted by atomic mass is 10.2. The predicted octanol–water partition coefficient (Wildman–Crippen LogP) is 0.694. The molecule has 0 saturated carbocycles. The fraction of sp³-hybridized carbons (Fsp3) is 0.0909. The first kappa shape index (κ1) is 11.6. The zero-order valence-electron chi connectivity index (χ0n) is 9.25. The van der Waals surface area contributed by atoms with E-state index in [4.69, 9.17) is 10.00 Å². The van der Waals surface area contributed by atoms with Crippen molar-refractivity contribution in [3.63, 3.8) is 0 Å². The van der Waals surface area contributed by atoms with Gasteiger partial charge in [-0.25, -0.2) is 5.10 Å². The van der Waals surface area contributed by atoms with Crippen molar-refractivity contribution < 1.29 is 9.53 Å². The number of hydrogen-bond acceptors (Lipinski definition) is 5. The van der Waals surface area contributed by atoms with E-state index in [1.165, 1.54) is 6.33 Å². The predicted molar refractivity (Wildman–Crippen MR) is 61.7 cm³/mol. The van der Waals surface area contributed by atoms with Crippen molar-refractivity contribution >= 4 is 11.9 Å². The minimum Gasteiger partial charge on any atom is -0.484 e. The van der Waals surface area contributed by atoms with Crippen molar-refractivity contribution in [3.05, 3.63) is 36.2 Å². The van der Waals surface area contributed by atoms with Crippen LogP contribution in [0.25, 0.3) is 0 Å². The molecular weight excluding hydrogens is 234 g/mol. The van der Waals surface area contributed by atoms with E-state index in [0.717, 1.165) is 0 Å². The summed E-state index contributed by atoms with van der Waals surface area (Å²) in [5, 5.41) is 17.2. The molecule has 18 heavy (non-hydrogen) atoms. The Morgan fingerprint density at radius 2 is 2.22 bits per heavy atom. The summed E-state index contributed by atoms with van der Waals surface area (Å²) in [7, 11) is 0. The number of rotatable bonds is 4. The van der Waals surface area contributed by atoms with Gasteiger partial charge in [0, 0.05) is 0 Å². The molecule has 0 radical (unpaired) electrons. The van der Waals surface area contributed by atoms with Gasteiger partial charge in [0.25, 0.3) is 5.91 Å². The Kier molecular flexibility index (Phi) is 3.51. The summed E-state index contributed by atoms with van der Waals surface area (Å²) in [4.78, 5) is 15.2. The fourth-order valence-corrected chi connectivity index (χ4v) is 1.21. The zero-order valence-corrected chi connectivity index (χ0v) is 9.25. The van der Waals surface area contributed by atoms with Crippen LogP contribution in [0.3, 0.4) is 0 Å². The lowest BCUT2D eigenvalue weighted by molar-refractivity contribution is -0.118. The van der Waals surface area contributed by atoms with E-state index < -0.39 is 0 Å². The van der Waals surface area contributed by atoms with E-state index in [9.17, 15) is 4.79 Å². The van der Waals surface area contributed by atoms with Crippen molar-refractivity contribution in [2.45, 2.75) is 0 Å². The molecule has 0 unspecified atom stereocenters. The minimum absolute atomic E-state index is 0.146. The summed E-state index contributed by atoms with van der Waals surface area (Å²) in [6.45, 7) is -0.146. The second-order valence-electron chi connectivity index (χ2n) is 3.31. The largest absolute Gasteiger partial charge is 0.484 e. The zero-order chi connectivity index (χ0) is 12.8. The normalized spacial score (nSPS) is 9.50. The Hall–Kier alpha value is -2.88. The Morgan fingerprint density at radius 3 is 2.83 bits per heavy atom. The number of H-pyrrole nitrogens is 1. The van der Waals surface area contributed by atoms with E-state index in [1.54, 1.807) is 24.3 Å². The number of benzene rings is 1. The highest BCUT2D eigenvalue weighted by atomic mass is 16.5. The molecule has 0 bridgehead atoms. The Morgan fingerprint density at radius 1 is 1.44 bits per heavy atom. The van der Waals surface area contributed by atoms with E-state index >= 15 is 0 Å². The van der Waals surface area contributed by atoms with Crippen LogP contribution in [0.2, 0.25) is 0 Å². The highest BCUT2D eigenvalue weighted by molar-refractivity contribution is 5.90. The van der Waals surface area contributed by atoms with Gasteiger partial charge in [-0.2, -0.15) is 15.3 Å². The van der Waals surface area contributed by atoms with Gasteiger partial charge < -0.3 is 4.74 Å². The summed E-state index contributed by atoms with van der Waals surface area (Å²) >= 11 is 0. The van der Waals surface area contributed by atoms with Crippen LogP contribution in [-0.4, -0.2) is 27.7 Å². The van der Waals surface area contributed by atoms with Crippen molar-refractivity contribution in [1.82, 2.24) is 15.2 Å². The molecule has 0 aliphatic carbocycles. The first-order chi connectivity index (χ1) is 8.78. The number of aromatic nitrogens is 3. The van der Waals surface area contributed by atoms with Gasteiger partial charge in [-0.05, 0) is 24.3 Å². The Labute approximate surface area is 102 Å². The molecule has 2 aromatic rings. The molecule has 1 aromatic carbocycles. The molecule has 1 aromatic heterocycles. The van der Waals surface area contributed by atoms with Gasteiger partial charge in [0.1, 0.15) is 12.1 Å². The van der Waals surface area contributed by atoms with Crippen molar-refractivity contribution in [2.24, 2.45) is 0 Å². The third-order valence-electron chi connectivity index (χ3n) is 2.03. The lowest BCUT2D eigenvalue weighted by Crippen LogP contribution is -2.20. The maximum absolute atomic E-state index is 11.4. The van der Waals surface area contributed by atoms with Crippen molar-refractivity contribution in [2.75, 3.05) is 11.9 Å². The fourth-order valence-electron chi connectivity index (χ4n) is 1.21. The number of carbonyl (C=O) groups excluding carboxylic acids is 1. The standard InChI is InChI=1S/C11H9N5O2/c12-5-8-1-3-9(4-2-8)18-6-10(17)15-11-13-7-14-16-11/h1-4,7H,6H2,(H2,13,14,15,16,17). The highest BCUT2D eigenvalue weighted by Crippen LogP contribution is 2.11. The second kappa shape index (κ2) is 5.45. The van der Waals surface area contributed by atoms with Crippen LogP contribution < -0.4 is 10.1 Å². The van der Waals surface area contributed by atoms with Gasteiger partial charge in [-0.15, -0.1) is 0 Å². The molecule has 2 rings (SSSR count). The molecule has 7 nitrogen and oxygen atoms in total.